The van der Waals surface area contributed by atoms with Gasteiger partial charge in [-0.05, 0) is 37.3 Å². The van der Waals surface area contributed by atoms with Crippen molar-refractivity contribution in [3.8, 4) is 0 Å². The zero-order valence-electron chi connectivity index (χ0n) is 13.2. The Morgan fingerprint density at radius 2 is 1.41 bits per heavy atom. The number of ether oxygens (including phenoxy) is 1. The second kappa shape index (κ2) is 17.9. The molecule has 130 valence electrons. The van der Waals surface area contributed by atoms with Crippen molar-refractivity contribution in [2.45, 2.75) is 57.8 Å². The molecule has 0 saturated heterocycles. The summed E-state index contributed by atoms with van der Waals surface area (Å²) in [7, 11) is 1.57. The van der Waals surface area contributed by atoms with Gasteiger partial charge in [-0.3, -0.25) is 4.79 Å². The highest BCUT2D eigenvalue weighted by Gasteiger charge is 1.97. The van der Waals surface area contributed by atoms with E-state index in [9.17, 15) is 4.79 Å². The first-order chi connectivity index (χ1) is 10.4. The Labute approximate surface area is 143 Å². The van der Waals surface area contributed by atoms with E-state index in [-0.39, 0.29) is 0 Å². The molecule has 0 aliphatic carbocycles. The molecule has 0 saturated carbocycles. The molecule has 0 radical (unpaired) electrons. The zero-order chi connectivity index (χ0) is 17.2. The summed E-state index contributed by atoms with van der Waals surface area (Å²) in [4.78, 5) is 10.3. The fraction of sp³-hybridized carbons (Fsp3) is 0.786. The van der Waals surface area contributed by atoms with E-state index >= 15 is 0 Å². The van der Waals surface area contributed by atoms with Crippen LogP contribution in [0.4, 0.5) is 0 Å². The molecule has 5 N–H and O–H groups in total. The Kier molecular flexibility index (Phi) is 18.8. The van der Waals surface area contributed by atoms with Crippen LogP contribution < -0.4 is 11.1 Å². The fourth-order valence-electron chi connectivity index (χ4n) is 1.72. The molecule has 0 aromatic rings. The highest BCUT2D eigenvalue weighted by molar-refractivity contribution is 7.80. The number of hydrogen-bond donors (Lipinski definition) is 4. The minimum absolute atomic E-state index is 0.311. The van der Waals surface area contributed by atoms with Crippen LogP contribution in [0.2, 0.25) is 0 Å². The van der Waals surface area contributed by atoms with E-state index < -0.39 is 11.1 Å². The summed E-state index contributed by atoms with van der Waals surface area (Å²) in [6.45, 7) is 0.880. The summed E-state index contributed by atoms with van der Waals surface area (Å²) in [5.41, 5.74) is 4.40. The van der Waals surface area contributed by atoms with Gasteiger partial charge in [0.05, 0.1) is 7.11 Å². The normalized spacial score (nSPS) is 9.32. The molecular formula is C14H28N2O4S2. The third kappa shape index (κ3) is 27.2. The predicted molar refractivity (Wildman–Crippen MR) is 96.2 cm³/mol. The van der Waals surface area contributed by atoms with Gasteiger partial charge in [0.25, 0.3) is 10.3 Å². The minimum atomic E-state index is -0.684. The fourth-order valence-corrected chi connectivity index (χ4v) is 1.83. The maximum atomic E-state index is 10.3. The number of nitrogens with two attached hydrogens (primary N) is 1. The molecule has 0 unspecified atom stereocenters. The minimum Gasteiger partial charge on any atom is -0.487 e. The Morgan fingerprint density at radius 1 is 1.00 bits per heavy atom. The number of aliphatic hydroxyl groups is 1. The molecule has 0 bridgehead atoms. The lowest BCUT2D eigenvalue weighted by Crippen LogP contribution is -2.23. The van der Waals surface area contributed by atoms with Gasteiger partial charge in [0.1, 0.15) is 0 Å². The molecular weight excluding hydrogens is 324 g/mol. The van der Waals surface area contributed by atoms with E-state index in [4.69, 9.17) is 27.2 Å². The van der Waals surface area contributed by atoms with Crippen LogP contribution in [0, 0.1) is 0 Å². The van der Waals surface area contributed by atoms with E-state index in [2.05, 4.69) is 23.3 Å². The van der Waals surface area contributed by atoms with Crippen LogP contribution >= 0.6 is 24.4 Å². The number of carboxylic acids is 1. The SMILES string of the molecule is COC(=S)NCCCCCCCCCCC(=O)O.NC(O)=S. The summed E-state index contributed by atoms with van der Waals surface area (Å²) in [5, 5.41) is 19.0. The first kappa shape index (κ1) is 23.1. The maximum Gasteiger partial charge on any atom is 0.303 e. The molecule has 0 fully saturated rings. The van der Waals surface area contributed by atoms with Crippen LogP contribution in [0.15, 0.2) is 0 Å². The third-order valence-corrected chi connectivity index (χ3v) is 3.08. The largest absolute Gasteiger partial charge is 0.487 e. The van der Waals surface area contributed by atoms with Crippen molar-refractivity contribution >= 4 is 40.8 Å². The molecule has 8 heteroatoms. The van der Waals surface area contributed by atoms with E-state index in [1.54, 1.807) is 7.11 Å². The Bertz CT molecular complexity index is 311. The van der Waals surface area contributed by atoms with Crippen LogP contribution in [-0.4, -0.2) is 40.2 Å². The Hall–Kier alpha value is -1.15. The standard InChI is InChI=1S/C13H25NO3S.CH3NOS/c1-17-13(18)14-11-9-7-5-3-2-4-6-8-10-12(15)16;2-1(3)4/h2-11H2,1H3,(H,14,18)(H,15,16);(H3,2,3,4). The topological polar surface area (TPSA) is 105 Å². The highest BCUT2D eigenvalue weighted by Crippen LogP contribution is 2.09. The van der Waals surface area contributed by atoms with Crippen molar-refractivity contribution in [2.24, 2.45) is 5.73 Å². The van der Waals surface area contributed by atoms with Crippen LogP contribution in [0.5, 0.6) is 0 Å². The van der Waals surface area contributed by atoms with Crippen LogP contribution in [0.25, 0.3) is 0 Å². The van der Waals surface area contributed by atoms with Crippen molar-refractivity contribution < 1.29 is 19.7 Å². The number of carboxylic acid groups (broad SMARTS) is 1. The van der Waals surface area contributed by atoms with Crippen molar-refractivity contribution in [2.75, 3.05) is 13.7 Å². The lowest BCUT2D eigenvalue weighted by atomic mass is 10.1. The molecule has 0 aliphatic heterocycles. The van der Waals surface area contributed by atoms with E-state index in [1.165, 1.54) is 25.7 Å². The molecule has 0 rings (SSSR count). The molecule has 0 spiro atoms. The number of unbranched alkanes of at least 4 members (excludes halogenated alkanes) is 7. The molecule has 0 amide bonds. The number of aliphatic carboxylic acids is 1. The lowest BCUT2D eigenvalue weighted by Gasteiger charge is -2.05. The van der Waals surface area contributed by atoms with Crippen LogP contribution in [-0.2, 0) is 9.53 Å². The third-order valence-electron chi connectivity index (χ3n) is 2.77. The van der Waals surface area contributed by atoms with Gasteiger partial charge in [-0.25, -0.2) is 0 Å². The van der Waals surface area contributed by atoms with Gasteiger partial charge in [0.2, 0.25) is 0 Å². The first-order valence-corrected chi connectivity index (χ1v) is 8.23. The molecule has 0 aromatic heterocycles. The van der Waals surface area contributed by atoms with Gasteiger partial charge in [-0.1, -0.05) is 38.5 Å². The maximum absolute atomic E-state index is 10.3. The number of rotatable bonds is 11. The number of carbonyl (C=O) groups is 1. The second-order valence-corrected chi connectivity index (χ2v) is 5.52. The van der Waals surface area contributed by atoms with E-state index in [0.29, 0.717) is 11.6 Å². The van der Waals surface area contributed by atoms with Crippen molar-refractivity contribution in [1.82, 2.24) is 5.32 Å². The van der Waals surface area contributed by atoms with E-state index in [0.717, 1.165) is 32.2 Å². The zero-order valence-corrected chi connectivity index (χ0v) is 14.8. The highest BCUT2D eigenvalue weighted by atomic mass is 32.1. The first-order valence-electron chi connectivity index (χ1n) is 7.42. The van der Waals surface area contributed by atoms with E-state index in [1.807, 2.05) is 0 Å². The van der Waals surface area contributed by atoms with Gasteiger partial charge >= 0.3 is 5.97 Å². The smallest absolute Gasteiger partial charge is 0.303 e. The van der Waals surface area contributed by atoms with Gasteiger partial charge in [0, 0.05) is 13.0 Å². The molecule has 0 aliphatic rings. The van der Waals surface area contributed by atoms with Crippen LogP contribution in [0.3, 0.4) is 0 Å². The summed E-state index contributed by atoms with van der Waals surface area (Å²) >= 11 is 8.73. The average molecular weight is 353 g/mol. The van der Waals surface area contributed by atoms with Crippen molar-refractivity contribution in [1.29, 1.82) is 0 Å². The Morgan fingerprint density at radius 3 is 1.82 bits per heavy atom. The molecule has 0 aromatic carbocycles. The summed E-state index contributed by atoms with van der Waals surface area (Å²) in [6, 6.07) is 0. The monoisotopic (exact) mass is 352 g/mol. The number of thiocarbonyl (C=S) groups is 2. The number of methoxy groups -OCH3 is 1. The summed E-state index contributed by atoms with van der Waals surface area (Å²) in [6.07, 6.45) is 9.32. The lowest BCUT2D eigenvalue weighted by molar-refractivity contribution is -0.137. The van der Waals surface area contributed by atoms with Crippen molar-refractivity contribution in [3.63, 3.8) is 0 Å². The quantitative estimate of drug-likeness (QED) is 0.332. The molecule has 22 heavy (non-hydrogen) atoms. The summed E-state index contributed by atoms with van der Waals surface area (Å²) in [5.74, 6) is -0.684. The summed E-state index contributed by atoms with van der Waals surface area (Å²) < 4.78 is 4.83. The van der Waals surface area contributed by atoms with Gasteiger partial charge in [-0.15, -0.1) is 0 Å². The number of hydrogen-bond acceptors (Lipinski definition) is 4. The Balaban J connectivity index is 0. The number of nitrogens with one attached hydrogen (secondary N) is 1. The van der Waals surface area contributed by atoms with Crippen molar-refractivity contribution in [3.05, 3.63) is 0 Å². The van der Waals surface area contributed by atoms with Gasteiger partial charge in [0.15, 0.2) is 0 Å². The molecule has 6 nitrogen and oxygen atoms in total. The molecule has 0 heterocycles. The van der Waals surface area contributed by atoms with Gasteiger partial charge < -0.3 is 26.0 Å². The number of aliphatic hydroxyl groups excluding tert-OH is 1. The predicted octanol–water partition coefficient (Wildman–Crippen LogP) is 2.89. The van der Waals surface area contributed by atoms with Crippen LogP contribution in [0.1, 0.15) is 57.8 Å². The second-order valence-electron chi connectivity index (χ2n) is 4.73. The average Bonchev–Trinajstić information content (AvgIpc) is 2.43. The van der Waals surface area contributed by atoms with Gasteiger partial charge in [-0.2, -0.15) is 0 Å². The molecule has 0 atom stereocenters.